The highest BCUT2D eigenvalue weighted by atomic mass is 16.1. The summed E-state index contributed by atoms with van der Waals surface area (Å²) >= 11 is 0. The predicted molar refractivity (Wildman–Crippen MR) is 45.7 cm³/mol. The second-order valence-corrected chi connectivity index (χ2v) is 2.61. The van der Waals surface area contributed by atoms with Crippen LogP contribution in [0.4, 0.5) is 0 Å². The van der Waals surface area contributed by atoms with Crippen LogP contribution in [0.2, 0.25) is 0 Å². The Bertz CT molecular complexity index is 277. The Morgan fingerprint density at radius 3 is 3.08 bits per heavy atom. The van der Waals surface area contributed by atoms with Crippen molar-refractivity contribution < 1.29 is 4.79 Å². The first-order valence-corrected chi connectivity index (χ1v) is 3.61. The molecule has 4 nitrogen and oxygen atoms in total. The molecule has 64 valence electrons. The number of rotatable bonds is 3. The van der Waals surface area contributed by atoms with Crippen LogP contribution in [0.3, 0.4) is 0 Å². The molecule has 12 heavy (non-hydrogen) atoms. The lowest BCUT2D eigenvalue weighted by Crippen LogP contribution is -2.25. The highest BCUT2D eigenvalue weighted by Crippen LogP contribution is 1.90. The number of carbonyl (C=O) groups excluding carboxylic acids is 1. The van der Waals surface area contributed by atoms with Gasteiger partial charge in [-0.05, 0) is 6.92 Å². The van der Waals surface area contributed by atoms with E-state index in [-0.39, 0.29) is 5.91 Å². The minimum atomic E-state index is -0.157. The number of aromatic amines is 1. The molecule has 0 aliphatic carbocycles. The van der Waals surface area contributed by atoms with Crippen LogP contribution in [-0.4, -0.2) is 22.4 Å². The Labute approximate surface area is 70.7 Å². The summed E-state index contributed by atoms with van der Waals surface area (Å²) in [4.78, 5) is 17.6. The van der Waals surface area contributed by atoms with E-state index in [4.69, 9.17) is 0 Å². The topological polar surface area (TPSA) is 57.8 Å². The average molecular weight is 165 g/mol. The maximum absolute atomic E-state index is 11.2. The zero-order valence-electron chi connectivity index (χ0n) is 6.92. The highest BCUT2D eigenvalue weighted by Gasteiger charge is 2.04. The molecule has 0 atom stereocenters. The van der Waals surface area contributed by atoms with Crippen molar-refractivity contribution in [1.82, 2.24) is 15.3 Å². The number of carbonyl (C=O) groups is 1. The highest BCUT2D eigenvalue weighted by molar-refractivity contribution is 5.92. The van der Waals surface area contributed by atoms with Gasteiger partial charge in [0.1, 0.15) is 5.69 Å². The Kier molecular flexibility index (Phi) is 2.63. The molecule has 1 rings (SSSR count). The standard InChI is InChI=1S/C8H11N3O/c1-6(2)3-10-8(12)7-4-9-5-11-7/h4-5H,1,3H2,2H3,(H,9,11)(H,10,12). The van der Waals surface area contributed by atoms with E-state index in [9.17, 15) is 4.79 Å². The summed E-state index contributed by atoms with van der Waals surface area (Å²) in [6, 6.07) is 0. The summed E-state index contributed by atoms with van der Waals surface area (Å²) < 4.78 is 0. The molecule has 0 radical (unpaired) electrons. The fraction of sp³-hybridized carbons (Fsp3) is 0.250. The zero-order chi connectivity index (χ0) is 8.97. The van der Waals surface area contributed by atoms with Crippen LogP contribution in [0.25, 0.3) is 0 Å². The first-order valence-electron chi connectivity index (χ1n) is 3.61. The summed E-state index contributed by atoms with van der Waals surface area (Å²) in [6.07, 6.45) is 2.95. The largest absolute Gasteiger partial charge is 0.347 e. The number of hydrogen-bond donors (Lipinski definition) is 2. The molecule has 0 bridgehead atoms. The van der Waals surface area contributed by atoms with E-state index in [1.54, 1.807) is 0 Å². The third-order valence-electron chi connectivity index (χ3n) is 1.29. The molecular formula is C8H11N3O. The predicted octanol–water partition coefficient (Wildman–Crippen LogP) is 0.716. The van der Waals surface area contributed by atoms with Gasteiger partial charge in [0, 0.05) is 6.54 Å². The number of nitrogens with zero attached hydrogens (tertiary/aromatic N) is 1. The second-order valence-electron chi connectivity index (χ2n) is 2.61. The molecule has 0 saturated carbocycles. The maximum atomic E-state index is 11.2. The van der Waals surface area contributed by atoms with E-state index < -0.39 is 0 Å². The number of imidazole rings is 1. The second kappa shape index (κ2) is 3.71. The van der Waals surface area contributed by atoms with Gasteiger partial charge in [-0.2, -0.15) is 0 Å². The van der Waals surface area contributed by atoms with Crippen molar-refractivity contribution in [2.24, 2.45) is 0 Å². The minimum absolute atomic E-state index is 0.157. The Balaban J connectivity index is 2.45. The van der Waals surface area contributed by atoms with Crippen molar-refractivity contribution in [1.29, 1.82) is 0 Å². The lowest BCUT2D eigenvalue weighted by atomic mass is 10.3. The van der Waals surface area contributed by atoms with Gasteiger partial charge in [0.05, 0.1) is 12.5 Å². The first kappa shape index (κ1) is 8.52. The molecule has 0 aliphatic rings. The van der Waals surface area contributed by atoms with Crippen molar-refractivity contribution in [2.75, 3.05) is 6.54 Å². The van der Waals surface area contributed by atoms with Crippen LogP contribution < -0.4 is 5.32 Å². The number of H-pyrrole nitrogens is 1. The molecule has 4 heteroatoms. The third-order valence-corrected chi connectivity index (χ3v) is 1.29. The SMILES string of the molecule is C=C(C)CNC(=O)c1cnc[nH]1. The summed E-state index contributed by atoms with van der Waals surface area (Å²) in [5.41, 5.74) is 1.39. The van der Waals surface area contributed by atoms with Gasteiger partial charge in [-0.3, -0.25) is 4.79 Å². The van der Waals surface area contributed by atoms with Crippen LogP contribution in [0.1, 0.15) is 17.4 Å². The van der Waals surface area contributed by atoms with E-state index in [2.05, 4.69) is 21.9 Å². The van der Waals surface area contributed by atoms with Gasteiger partial charge >= 0.3 is 0 Å². The summed E-state index contributed by atoms with van der Waals surface area (Å²) in [5.74, 6) is -0.157. The van der Waals surface area contributed by atoms with Gasteiger partial charge in [-0.15, -0.1) is 0 Å². The Morgan fingerprint density at radius 1 is 1.83 bits per heavy atom. The van der Waals surface area contributed by atoms with Crippen molar-refractivity contribution in [2.45, 2.75) is 6.92 Å². The van der Waals surface area contributed by atoms with Crippen molar-refractivity contribution >= 4 is 5.91 Å². The Hall–Kier alpha value is -1.58. The van der Waals surface area contributed by atoms with Crippen molar-refractivity contribution in [3.63, 3.8) is 0 Å². The van der Waals surface area contributed by atoms with Gasteiger partial charge in [0.15, 0.2) is 0 Å². The molecule has 0 unspecified atom stereocenters. The monoisotopic (exact) mass is 165 g/mol. The van der Waals surface area contributed by atoms with Crippen molar-refractivity contribution in [3.8, 4) is 0 Å². The molecule has 1 aromatic rings. The molecule has 1 amide bonds. The van der Waals surface area contributed by atoms with E-state index >= 15 is 0 Å². The van der Waals surface area contributed by atoms with Gasteiger partial charge < -0.3 is 10.3 Å². The summed E-state index contributed by atoms with van der Waals surface area (Å²) in [6.45, 7) is 6.02. The van der Waals surface area contributed by atoms with E-state index in [0.29, 0.717) is 12.2 Å². The van der Waals surface area contributed by atoms with Gasteiger partial charge in [-0.25, -0.2) is 4.98 Å². The number of nitrogens with one attached hydrogen (secondary N) is 2. The molecule has 0 fully saturated rings. The van der Waals surface area contributed by atoms with Crippen molar-refractivity contribution in [3.05, 3.63) is 30.4 Å². The molecule has 1 aromatic heterocycles. The maximum Gasteiger partial charge on any atom is 0.269 e. The van der Waals surface area contributed by atoms with Gasteiger partial charge in [0.25, 0.3) is 5.91 Å². The summed E-state index contributed by atoms with van der Waals surface area (Å²) in [5, 5.41) is 2.67. The number of hydrogen-bond acceptors (Lipinski definition) is 2. The average Bonchev–Trinajstić information content (AvgIpc) is 2.51. The van der Waals surface area contributed by atoms with Gasteiger partial charge in [0.2, 0.25) is 0 Å². The molecule has 1 heterocycles. The lowest BCUT2D eigenvalue weighted by molar-refractivity contribution is 0.0952. The molecule has 2 N–H and O–H groups in total. The molecular weight excluding hydrogens is 154 g/mol. The van der Waals surface area contributed by atoms with Crippen LogP contribution in [0.5, 0.6) is 0 Å². The first-order chi connectivity index (χ1) is 5.70. The smallest absolute Gasteiger partial charge is 0.269 e. The number of amides is 1. The normalized spacial score (nSPS) is 9.42. The van der Waals surface area contributed by atoms with Crippen LogP contribution in [-0.2, 0) is 0 Å². The molecule has 0 spiro atoms. The fourth-order valence-corrected chi connectivity index (χ4v) is 0.706. The van der Waals surface area contributed by atoms with Crippen LogP contribution in [0, 0.1) is 0 Å². The molecule has 0 saturated heterocycles. The Morgan fingerprint density at radius 2 is 2.58 bits per heavy atom. The van der Waals surface area contributed by atoms with E-state index in [0.717, 1.165) is 5.57 Å². The fourth-order valence-electron chi connectivity index (χ4n) is 0.706. The molecule has 0 aromatic carbocycles. The van der Waals surface area contributed by atoms with E-state index in [1.165, 1.54) is 12.5 Å². The molecule has 0 aliphatic heterocycles. The van der Waals surface area contributed by atoms with Crippen LogP contribution in [0.15, 0.2) is 24.7 Å². The summed E-state index contributed by atoms with van der Waals surface area (Å²) in [7, 11) is 0. The third kappa shape index (κ3) is 2.23. The quantitative estimate of drug-likeness (QED) is 0.648. The van der Waals surface area contributed by atoms with Crippen LogP contribution >= 0.6 is 0 Å². The minimum Gasteiger partial charge on any atom is -0.347 e. The van der Waals surface area contributed by atoms with Gasteiger partial charge in [-0.1, -0.05) is 12.2 Å². The van der Waals surface area contributed by atoms with E-state index in [1.807, 2.05) is 6.92 Å². The number of aromatic nitrogens is 2. The zero-order valence-corrected chi connectivity index (χ0v) is 6.92. The lowest BCUT2D eigenvalue weighted by Gasteiger charge is -2.01.